The van der Waals surface area contributed by atoms with Crippen molar-refractivity contribution in [2.75, 3.05) is 0 Å². The van der Waals surface area contributed by atoms with E-state index in [9.17, 15) is 0 Å². The van der Waals surface area contributed by atoms with Crippen LogP contribution >= 0.6 is 0 Å². The van der Waals surface area contributed by atoms with Crippen LogP contribution < -0.4 is 4.74 Å². The first-order valence-electron chi connectivity index (χ1n) is 6.51. The number of benzene rings is 2. The quantitative estimate of drug-likeness (QED) is 0.397. The summed E-state index contributed by atoms with van der Waals surface area (Å²) in [5.74, 6) is 1.92. The minimum absolute atomic E-state index is 0.935. The number of fused-ring (bicyclic) bond motifs is 4. The summed E-state index contributed by atoms with van der Waals surface area (Å²) in [4.78, 5) is 0. The van der Waals surface area contributed by atoms with Crippen LogP contribution in [0.25, 0.3) is 23.2 Å². The first-order chi connectivity index (χ1) is 9.42. The van der Waals surface area contributed by atoms with Gasteiger partial charge in [-0.15, -0.1) is 0 Å². The van der Waals surface area contributed by atoms with Crippen LogP contribution in [0.2, 0.25) is 0 Å². The van der Waals surface area contributed by atoms with Crippen LogP contribution in [0.15, 0.2) is 42.5 Å². The molecule has 1 aliphatic carbocycles. The van der Waals surface area contributed by atoms with Gasteiger partial charge in [0, 0.05) is 29.1 Å². The Bertz CT molecular complexity index is 870. The van der Waals surface area contributed by atoms with Crippen molar-refractivity contribution >= 4 is 23.2 Å². The molecule has 2 heterocycles. The predicted molar refractivity (Wildman–Crippen MR) is 76.5 cm³/mol. The second kappa shape index (κ2) is 3.09. The van der Waals surface area contributed by atoms with Crippen molar-refractivity contribution in [2.24, 2.45) is 0 Å². The first kappa shape index (κ1) is 9.45. The van der Waals surface area contributed by atoms with Crippen LogP contribution in [0.1, 0.15) is 16.7 Å². The summed E-state index contributed by atoms with van der Waals surface area (Å²) in [6.45, 7) is 0. The van der Waals surface area contributed by atoms with Crippen molar-refractivity contribution in [1.29, 1.82) is 0 Å². The molecule has 0 N–H and O–H groups in total. The molecular weight excluding hydrogens is 234 g/mol. The highest BCUT2D eigenvalue weighted by Gasteiger charge is 2.28. The van der Waals surface area contributed by atoms with Gasteiger partial charge in [0.15, 0.2) is 0 Å². The van der Waals surface area contributed by atoms with Crippen LogP contribution in [-0.2, 0) is 6.42 Å². The van der Waals surface area contributed by atoms with Crippen molar-refractivity contribution in [2.45, 2.75) is 6.42 Å². The minimum Gasteiger partial charge on any atom is -0.440 e. The summed E-state index contributed by atoms with van der Waals surface area (Å²) in [5.41, 5.74) is 5.14. The van der Waals surface area contributed by atoms with Crippen molar-refractivity contribution in [3.8, 4) is 11.6 Å². The van der Waals surface area contributed by atoms with Gasteiger partial charge in [0.1, 0.15) is 5.75 Å². The molecule has 5 rings (SSSR count). The molecule has 0 spiro atoms. The fourth-order valence-corrected chi connectivity index (χ4v) is 3.12. The molecule has 0 unspecified atom stereocenters. The van der Waals surface area contributed by atoms with Gasteiger partial charge in [-0.2, -0.15) is 0 Å². The summed E-state index contributed by atoms with van der Waals surface area (Å²) in [6, 6.07) is 14.6. The second-order valence-corrected chi connectivity index (χ2v) is 5.10. The largest absolute Gasteiger partial charge is 0.440 e. The van der Waals surface area contributed by atoms with Gasteiger partial charge in [-0.25, -0.2) is 0 Å². The molecule has 90 valence electrons. The molecule has 0 saturated heterocycles. The molecule has 0 bridgehead atoms. The lowest BCUT2D eigenvalue weighted by Gasteiger charge is -2.15. The van der Waals surface area contributed by atoms with Crippen molar-refractivity contribution in [1.82, 2.24) is 4.57 Å². The summed E-state index contributed by atoms with van der Waals surface area (Å²) < 4.78 is 8.33. The highest BCUT2D eigenvalue weighted by Crippen LogP contribution is 2.46. The molecule has 0 radical (unpaired) electrons. The lowest BCUT2D eigenvalue weighted by molar-refractivity contribution is 0.454. The minimum atomic E-state index is 0.935. The number of rotatable bonds is 0. The van der Waals surface area contributed by atoms with Crippen molar-refractivity contribution < 1.29 is 4.74 Å². The highest BCUT2D eigenvalue weighted by atomic mass is 16.5. The zero-order valence-electron chi connectivity index (χ0n) is 10.3. The number of aromatic nitrogens is 1. The third-order valence-electron chi connectivity index (χ3n) is 4.06. The molecule has 1 aromatic heterocycles. The molecule has 3 aromatic rings. The van der Waals surface area contributed by atoms with Crippen molar-refractivity contribution in [3.63, 3.8) is 0 Å². The van der Waals surface area contributed by atoms with E-state index in [1.54, 1.807) is 0 Å². The van der Waals surface area contributed by atoms with Gasteiger partial charge in [0.2, 0.25) is 5.88 Å². The zero-order chi connectivity index (χ0) is 12.4. The van der Waals surface area contributed by atoms with Crippen LogP contribution in [0.3, 0.4) is 0 Å². The molecule has 2 heteroatoms. The Labute approximate surface area is 110 Å². The lowest BCUT2D eigenvalue weighted by Crippen LogP contribution is -2.01. The van der Waals surface area contributed by atoms with Gasteiger partial charge in [-0.05, 0) is 23.8 Å². The number of hydrogen-bond donors (Lipinski definition) is 0. The van der Waals surface area contributed by atoms with Crippen LogP contribution in [0.4, 0.5) is 0 Å². The summed E-state index contributed by atoms with van der Waals surface area (Å²) >= 11 is 0. The summed E-state index contributed by atoms with van der Waals surface area (Å²) in [7, 11) is 0. The third kappa shape index (κ3) is 1.07. The average molecular weight is 245 g/mol. The van der Waals surface area contributed by atoms with Gasteiger partial charge in [0.05, 0.1) is 5.52 Å². The third-order valence-corrected chi connectivity index (χ3v) is 4.06. The molecular formula is C17H11NO. The van der Waals surface area contributed by atoms with E-state index < -0.39 is 0 Å². The van der Waals surface area contributed by atoms with Gasteiger partial charge in [-0.3, -0.25) is 4.57 Å². The predicted octanol–water partition coefficient (Wildman–Crippen LogP) is 4.28. The van der Waals surface area contributed by atoms with E-state index in [-0.39, 0.29) is 0 Å². The summed E-state index contributed by atoms with van der Waals surface area (Å²) in [5, 5.41) is 1.38. The highest BCUT2D eigenvalue weighted by molar-refractivity contribution is 5.98. The van der Waals surface area contributed by atoms with E-state index >= 15 is 0 Å². The van der Waals surface area contributed by atoms with E-state index in [2.05, 4.69) is 41.1 Å². The topological polar surface area (TPSA) is 14.2 Å². The number of ether oxygens (including phenoxy) is 1. The van der Waals surface area contributed by atoms with Crippen LogP contribution in [0.5, 0.6) is 11.6 Å². The molecule has 2 aromatic carbocycles. The fraction of sp³-hybridized carbons (Fsp3) is 0.0588. The Hall–Kier alpha value is -2.48. The van der Waals surface area contributed by atoms with Crippen molar-refractivity contribution in [3.05, 3.63) is 59.2 Å². The smallest absolute Gasteiger partial charge is 0.208 e. The Morgan fingerprint density at radius 1 is 1.00 bits per heavy atom. The standard InChI is InChI=1S/C17H11NO/c1-2-7-15-11(4-1)8-9-18-14-6-3-5-12-10-13(16(12)14)17(18)19-15/h1-9H,10H2. The molecule has 0 fully saturated rings. The molecule has 2 aliphatic rings. The fourth-order valence-electron chi connectivity index (χ4n) is 3.12. The molecule has 19 heavy (non-hydrogen) atoms. The van der Waals surface area contributed by atoms with Crippen LogP contribution in [-0.4, -0.2) is 4.57 Å². The maximum atomic E-state index is 6.16. The maximum absolute atomic E-state index is 6.16. The van der Waals surface area contributed by atoms with E-state index in [1.807, 2.05) is 18.2 Å². The van der Waals surface area contributed by atoms with E-state index in [1.165, 1.54) is 22.0 Å². The molecule has 0 atom stereocenters. The Balaban J connectivity index is 1.87. The van der Waals surface area contributed by atoms with E-state index in [0.717, 1.165) is 23.6 Å². The monoisotopic (exact) mass is 245 g/mol. The molecule has 2 nitrogen and oxygen atoms in total. The molecule has 0 amide bonds. The van der Waals surface area contributed by atoms with Gasteiger partial charge in [0.25, 0.3) is 0 Å². The van der Waals surface area contributed by atoms with Gasteiger partial charge < -0.3 is 4.74 Å². The summed E-state index contributed by atoms with van der Waals surface area (Å²) in [6.07, 6.45) is 5.25. The molecule has 0 saturated carbocycles. The Morgan fingerprint density at radius 2 is 1.95 bits per heavy atom. The number of nitrogens with zero attached hydrogens (tertiary/aromatic N) is 1. The zero-order valence-corrected chi connectivity index (χ0v) is 10.3. The van der Waals surface area contributed by atoms with Gasteiger partial charge in [-0.1, -0.05) is 30.3 Å². The van der Waals surface area contributed by atoms with E-state index in [0.29, 0.717) is 0 Å². The number of para-hydroxylation sites is 1. The average Bonchev–Trinajstić information content (AvgIpc) is 2.55. The maximum Gasteiger partial charge on any atom is 0.208 e. The normalized spacial score (nSPS) is 14.3. The SMILES string of the molecule is C1=Cn2c(c3c4c(cccc42)C3)Oc2ccccc21. The Kier molecular flexibility index (Phi) is 1.54. The van der Waals surface area contributed by atoms with Crippen LogP contribution in [0, 0.1) is 0 Å². The second-order valence-electron chi connectivity index (χ2n) is 5.10. The van der Waals surface area contributed by atoms with E-state index in [4.69, 9.17) is 4.74 Å². The lowest BCUT2D eigenvalue weighted by atomic mass is 9.90. The Morgan fingerprint density at radius 3 is 2.95 bits per heavy atom. The van der Waals surface area contributed by atoms with Gasteiger partial charge >= 0.3 is 0 Å². The first-order valence-corrected chi connectivity index (χ1v) is 6.51. The molecule has 1 aliphatic heterocycles. The number of hydrogen-bond acceptors (Lipinski definition) is 1.